The summed E-state index contributed by atoms with van der Waals surface area (Å²) in [4.78, 5) is 0. The van der Waals surface area contributed by atoms with E-state index in [2.05, 4.69) is 30.0 Å². The molecule has 0 spiro atoms. The van der Waals surface area contributed by atoms with Crippen molar-refractivity contribution in [1.29, 1.82) is 0 Å². The molecule has 0 fully saturated rings. The van der Waals surface area contributed by atoms with E-state index in [1.807, 2.05) is 67.6 Å². The molecule has 1 atom stereocenters. The summed E-state index contributed by atoms with van der Waals surface area (Å²) >= 11 is 0. The zero-order valence-corrected chi connectivity index (χ0v) is 14.9. The van der Waals surface area contributed by atoms with Crippen LogP contribution in [-0.2, 0) is 4.74 Å². The number of hydrogen-bond donors (Lipinski definition) is 0. The highest BCUT2D eigenvalue weighted by atomic mass is 16.5. The fourth-order valence-corrected chi connectivity index (χ4v) is 2.69. The lowest BCUT2D eigenvalue weighted by Gasteiger charge is -2.13. The van der Waals surface area contributed by atoms with Crippen molar-refractivity contribution in [2.45, 2.75) is 19.4 Å². The Balaban J connectivity index is 1.87. The van der Waals surface area contributed by atoms with Crippen LogP contribution in [0.3, 0.4) is 0 Å². The monoisotopic (exact) mass is 342 g/mol. The Bertz CT molecular complexity index is 866. The molecule has 130 valence electrons. The summed E-state index contributed by atoms with van der Waals surface area (Å²) < 4.78 is 11.4. The molecule has 0 aliphatic rings. The quantitative estimate of drug-likeness (QED) is 0.522. The summed E-state index contributed by atoms with van der Waals surface area (Å²) in [6.45, 7) is 2.63. The molecule has 0 saturated carbocycles. The average Bonchev–Trinajstić information content (AvgIpc) is 3.23. The summed E-state index contributed by atoms with van der Waals surface area (Å²) in [6, 6.07) is 24.1. The van der Waals surface area contributed by atoms with Gasteiger partial charge in [0.2, 0.25) is 0 Å². The van der Waals surface area contributed by atoms with Gasteiger partial charge in [0.25, 0.3) is 0 Å². The maximum atomic E-state index is 5.85. The van der Waals surface area contributed by atoms with Crippen LogP contribution >= 0.6 is 0 Å². The minimum absolute atomic E-state index is 0.104. The molecule has 0 aliphatic heterocycles. The molecule has 0 bridgehead atoms. The summed E-state index contributed by atoms with van der Waals surface area (Å²) in [5.74, 6) is 7.41. The first kappa shape index (κ1) is 17.8. The van der Waals surface area contributed by atoms with E-state index in [4.69, 9.17) is 9.15 Å². The number of rotatable bonds is 6. The van der Waals surface area contributed by atoms with Gasteiger partial charge in [0, 0.05) is 24.2 Å². The molecule has 2 nitrogen and oxygen atoms in total. The van der Waals surface area contributed by atoms with Gasteiger partial charge >= 0.3 is 0 Å². The molecular formula is C24H22O2. The van der Waals surface area contributed by atoms with Crippen molar-refractivity contribution in [3.05, 3.63) is 102 Å². The van der Waals surface area contributed by atoms with Gasteiger partial charge in [0.05, 0.1) is 6.26 Å². The second kappa shape index (κ2) is 9.46. The lowest BCUT2D eigenvalue weighted by molar-refractivity contribution is 0.0490. The smallest absolute Gasteiger partial charge is 0.132 e. The van der Waals surface area contributed by atoms with Gasteiger partial charge in [-0.1, -0.05) is 66.4 Å². The Hall–Kier alpha value is -3.02. The van der Waals surface area contributed by atoms with E-state index >= 15 is 0 Å². The second-order valence-electron chi connectivity index (χ2n) is 5.79. The minimum atomic E-state index is -0.104. The van der Waals surface area contributed by atoms with E-state index in [9.17, 15) is 0 Å². The third-order valence-electron chi connectivity index (χ3n) is 3.96. The molecule has 0 amide bonds. The standard InChI is InChI=1S/C24H22O2/c1-2-25-24(23-14-9-19-26-23)18-17-22(21-12-7-4-8-13-21)16-15-20-10-5-3-6-11-20/h3-14,17,19,24H,2,18H2,1H3/b22-17+. The molecule has 3 rings (SSSR count). The second-order valence-corrected chi connectivity index (χ2v) is 5.79. The van der Waals surface area contributed by atoms with E-state index in [-0.39, 0.29) is 6.10 Å². The third kappa shape index (κ3) is 4.99. The van der Waals surface area contributed by atoms with E-state index in [1.54, 1.807) is 6.26 Å². The molecule has 0 aliphatic carbocycles. The van der Waals surface area contributed by atoms with E-state index in [0.717, 1.165) is 22.5 Å². The van der Waals surface area contributed by atoms with Gasteiger partial charge in [0.1, 0.15) is 11.9 Å². The lowest BCUT2D eigenvalue weighted by atomic mass is 10.0. The van der Waals surface area contributed by atoms with Crippen LogP contribution < -0.4 is 0 Å². The lowest BCUT2D eigenvalue weighted by Crippen LogP contribution is -2.02. The zero-order chi connectivity index (χ0) is 18.0. The molecule has 0 radical (unpaired) electrons. The topological polar surface area (TPSA) is 22.4 Å². The van der Waals surface area contributed by atoms with Gasteiger partial charge in [-0.15, -0.1) is 0 Å². The predicted octanol–water partition coefficient (Wildman–Crippen LogP) is 5.88. The Kier molecular flexibility index (Phi) is 6.47. The van der Waals surface area contributed by atoms with Crippen molar-refractivity contribution in [2.75, 3.05) is 6.61 Å². The molecule has 1 unspecified atom stereocenters. The number of hydrogen-bond acceptors (Lipinski definition) is 2. The van der Waals surface area contributed by atoms with E-state index in [1.165, 1.54) is 0 Å². The van der Waals surface area contributed by atoms with Crippen LogP contribution in [0.5, 0.6) is 0 Å². The van der Waals surface area contributed by atoms with Crippen molar-refractivity contribution in [2.24, 2.45) is 0 Å². The van der Waals surface area contributed by atoms with Crippen LogP contribution in [0, 0.1) is 11.8 Å². The normalized spacial score (nSPS) is 12.3. The van der Waals surface area contributed by atoms with Crippen molar-refractivity contribution in [3.63, 3.8) is 0 Å². The first-order chi connectivity index (χ1) is 12.9. The first-order valence-electron chi connectivity index (χ1n) is 8.84. The Morgan fingerprint density at radius 2 is 1.73 bits per heavy atom. The zero-order valence-electron chi connectivity index (χ0n) is 14.9. The molecule has 2 heteroatoms. The summed E-state index contributed by atoms with van der Waals surface area (Å²) in [6.07, 6.45) is 4.41. The van der Waals surface area contributed by atoms with Crippen molar-refractivity contribution < 1.29 is 9.15 Å². The van der Waals surface area contributed by atoms with Gasteiger partial charge in [-0.05, 0) is 36.8 Å². The maximum Gasteiger partial charge on any atom is 0.132 e. The molecular weight excluding hydrogens is 320 g/mol. The Morgan fingerprint density at radius 1 is 1.00 bits per heavy atom. The van der Waals surface area contributed by atoms with Crippen molar-refractivity contribution in [1.82, 2.24) is 0 Å². The van der Waals surface area contributed by atoms with Crippen LogP contribution in [-0.4, -0.2) is 6.61 Å². The Labute approximate surface area is 155 Å². The minimum Gasteiger partial charge on any atom is -0.467 e. The van der Waals surface area contributed by atoms with Gasteiger partial charge in [-0.2, -0.15) is 0 Å². The molecule has 1 heterocycles. The number of ether oxygens (including phenoxy) is 1. The summed E-state index contributed by atoms with van der Waals surface area (Å²) in [5, 5.41) is 0. The Morgan fingerprint density at radius 3 is 2.38 bits per heavy atom. The van der Waals surface area contributed by atoms with Crippen molar-refractivity contribution in [3.8, 4) is 11.8 Å². The highest BCUT2D eigenvalue weighted by Crippen LogP contribution is 2.24. The average molecular weight is 342 g/mol. The van der Waals surface area contributed by atoms with Crippen LogP contribution in [0.1, 0.15) is 36.3 Å². The molecule has 3 aromatic rings. The molecule has 0 N–H and O–H groups in total. The highest BCUT2D eigenvalue weighted by molar-refractivity contribution is 5.79. The summed E-state index contributed by atoms with van der Waals surface area (Å²) in [7, 11) is 0. The first-order valence-corrected chi connectivity index (χ1v) is 8.84. The molecule has 26 heavy (non-hydrogen) atoms. The number of allylic oxidation sites excluding steroid dienone is 1. The van der Waals surface area contributed by atoms with Gasteiger partial charge in [0.15, 0.2) is 0 Å². The van der Waals surface area contributed by atoms with Crippen LogP contribution in [0.2, 0.25) is 0 Å². The predicted molar refractivity (Wildman–Crippen MR) is 105 cm³/mol. The van der Waals surface area contributed by atoms with Gasteiger partial charge in [-0.3, -0.25) is 0 Å². The van der Waals surface area contributed by atoms with Crippen LogP contribution in [0.15, 0.2) is 89.6 Å². The van der Waals surface area contributed by atoms with Gasteiger partial charge in [-0.25, -0.2) is 0 Å². The van der Waals surface area contributed by atoms with Gasteiger partial charge < -0.3 is 9.15 Å². The fourth-order valence-electron chi connectivity index (χ4n) is 2.69. The SMILES string of the molecule is CCOC(C/C=C(\C#Cc1ccccc1)c1ccccc1)c1ccco1. The van der Waals surface area contributed by atoms with Crippen LogP contribution in [0.25, 0.3) is 5.57 Å². The van der Waals surface area contributed by atoms with Crippen molar-refractivity contribution >= 4 is 5.57 Å². The largest absolute Gasteiger partial charge is 0.467 e. The number of benzene rings is 2. The molecule has 2 aromatic carbocycles. The molecule has 1 aromatic heterocycles. The van der Waals surface area contributed by atoms with E-state index in [0.29, 0.717) is 13.0 Å². The van der Waals surface area contributed by atoms with E-state index < -0.39 is 0 Å². The highest BCUT2D eigenvalue weighted by Gasteiger charge is 2.13. The third-order valence-corrected chi connectivity index (χ3v) is 3.96. The summed E-state index contributed by atoms with van der Waals surface area (Å²) in [5.41, 5.74) is 3.10. The number of furan rings is 1. The van der Waals surface area contributed by atoms with Crippen LogP contribution in [0.4, 0.5) is 0 Å². The fraction of sp³-hybridized carbons (Fsp3) is 0.167. The maximum absolute atomic E-state index is 5.85. The molecule has 0 saturated heterocycles.